The van der Waals surface area contributed by atoms with E-state index < -0.39 is 0 Å². The van der Waals surface area contributed by atoms with Gasteiger partial charge < -0.3 is 14.7 Å². The lowest BCUT2D eigenvalue weighted by atomic mass is 9.31. The Bertz CT molecular complexity index is 5820. The van der Waals surface area contributed by atoms with Gasteiger partial charge in [0.15, 0.2) is 0 Å². The van der Waals surface area contributed by atoms with Crippen LogP contribution in [0.15, 0.2) is 313 Å². The summed E-state index contributed by atoms with van der Waals surface area (Å²) in [5.41, 5.74) is 38.5. The summed E-state index contributed by atoms with van der Waals surface area (Å²) >= 11 is 1.96. The molecular weight excluding hydrogens is 1340 g/mol. The molecule has 0 fully saturated rings. The standard InChI is InChI=1S/C104H95B2N3S/c1-100(2,3)74-46-42-66(43-47-74)72-58-91-96-92(59-72)109(99-82(70-34-24-18-25-35-70)40-29-41-83(99)71-36-26-19-27-37-71)90-65-94-87(64-86(90)105(96)84-56-52-77(103(10,11)12)62-88(84)107(91)79-54-50-76(51-55-79)102(7,8)9)106-85-57-53-78(104(13,14)15)63-89(85)108(93-60-73(61-95(110-94)97(93)106)67-44-48-75(49-45-67)101(4,5)6)98-80(68-30-20-16-21-31-68)38-28-39-81(98)69-32-22-17-23-33-69/h16-65H,1-15H3. The molecule has 0 bridgehead atoms. The van der Waals surface area contributed by atoms with Gasteiger partial charge in [0.2, 0.25) is 6.71 Å². The minimum Gasteiger partial charge on any atom is -0.311 e. The van der Waals surface area contributed by atoms with Gasteiger partial charge >= 0.3 is 0 Å². The minimum absolute atomic E-state index is 0.0158. The first kappa shape index (κ1) is 70.6. The van der Waals surface area contributed by atoms with Crippen molar-refractivity contribution in [1.29, 1.82) is 0 Å². The lowest BCUT2D eigenvalue weighted by molar-refractivity contribution is 0.590. The molecule has 0 N–H and O–H groups in total. The molecule has 0 saturated carbocycles. The Morgan fingerprint density at radius 1 is 0.218 bits per heavy atom. The maximum Gasteiger partial charge on any atom is 0.252 e. The van der Waals surface area contributed by atoms with Crippen molar-refractivity contribution in [3.05, 3.63) is 331 Å². The number of hydrogen-bond acceptors (Lipinski definition) is 4. The van der Waals surface area contributed by atoms with Crippen molar-refractivity contribution in [2.75, 3.05) is 14.7 Å². The first-order chi connectivity index (χ1) is 52.7. The van der Waals surface area contributed by atoms with Crippen LogP contribution in [-0.4, -0.2) is 13.4 Å². The van der Waals surface area contributed by atoms with Crippen molar-refractivity contribution in [2.24, 2.45) is 0 Å². The summed E-state index contributed by atoms with van der Waals surface area (Å²) in [4.78, 5) is 10.6. The zero-order valence-electron chi connectivity index (χ0n) is 66.3. The van der Waals surface area contributed by atoms with Crippen LogP contribution in [-0.2, 0) is 27.1 Å². The molecule has 0 amide bonds. The second-order valence-electron chi connectivity index (χ2n) is 36.1. The van der Waals surface area contributed by atoms with E-state index in [-0.39, 0.29) is 40.5 Å². The quantitative estimate of drug-likeness (QED) is 0.133. The summed E-state index contributed by atoms with van der Waals surface area (Å²) < 4.78 is 0. The van der Waals surface area contributed by atoms with E-state index in [4.69, 9.17) is 0 Å². The van der Waals surface area contributed by atoms with Gasteiger partial charge in [-0.05, 0) is 181 Å². The van der Waals surface area contributed by atoms with Gasteiger partial charge in [-0.2, -0.15) is 0 Å². The molecule has 4 aliphatic heterocycles. The average molecular weight is 1440 g/mol. The van der Waals surface area contributed by atoms with Crippen LogP contribution < -0.4 is 47.5 Å². The van der Waals surface area contributed by atoms with Gasteiger partial charge in [0.25, 0.3) is 6.71 Å². The predicted molar refractivity (Wildman–Crippen MR) is 476 cm³/mol. The molecule has 0 atom stereocenters. The number of benzene rings is 14. The zero-order chi connectivity index (χ0) is 76.1. The molecule has 0 saturated heterocycles. The normalized spacial score (nSPS) is 13.6. The van der Waals surface area contributed by atoms with Crippen molar-refractivity contribution in [3.8, 4) is 66.8 Å². The first-order valence-electron chi connectivity index (χ1n) is 39.4. The maximum atomic E-state index is 2.74. The van der Waals surface area contributed by atoms with Crippen LogP contribution in [0.1, 0.15) is 132 Å². The van der Waals surface area contributed by atoms with E-state index in [0.29, 0.717) is 0 Å². The topological polar surface area (TPSA) is 9.72 Å². The Balaban J connectivity index is 0.985. The van der Waals surface area contributed by atoms with E-state index in [1.807, 2.05) is 11.8 Å². The smallest absolute Gasteiger partial charge is 0.252 e. The Hall–Kier alpha value is -11.0. The van der Waals surface area contributed by atoms with Gasteiger partial charge in [-0.3, -0.25) is 0 Å². The third-order valence-electron chi connectivity index (χ3n) is 23.7. The predicted octanol–water partition coefficient (Wildman–Crippen LogP) is 25.0. The Kier molecular flexibility index (Phi) is 16.9. The molecule has 110 heavy (non-hydrogen) atoms. The van der Waals surface area contributed by atoms with Gasteiger partial charge in [0.1, 0.15) is 0 Å². The Labute approximate surface area is 657 Å². The maximum absolute atomic E-state index is 2.74. The highest BCUT2D eigenvalue weighted by Gasteiger charge is 2.49. The van der Waals surface area contributed by atoms with Crippen molar-refractivity contribution in [2.45, 2.75) is 141 Å². The summed E-state index contributed by atoms with van der Waals surface area (Å²) in [6, 6.07) is 118. The monoisotopic (exact) mass is 1440 g/mol. The van der Waals surface area contributed by atoms with Gasteiger partial charge in [0, 0.05) is 71.9 Å². The van der Waals surface area contributed by atoms with Crippen molar-refractivity contribution < 1.29 is 0 Å². The second-order valence-corrected chi connectivity index (χ2v) is 37.2. The van der Waals surface area contributed by atoms with Crippen molar-refractivity contribution in [1.82, 2.24) is 0 Å². The van der Waals surface area contributed by atoms with Crippen LogP contribution in [0.2, 0.25) is 0 Å². The first-order valence-corrected chi connectivity index (χ1v) is 40.3. The van der Waals surface area contributed by atoms with Crippen molar-refractivity contribution in [3.63, 3.8) is 0 Å². The van der Waals surface area contributed by atoms with Crippen LogP contribution in [0.4, 0.5) is 51.2 Å². The van der Waals surface area contributed by atoms with Crippen LogP contribution in [0.3, 0.4) is 0 Å². The van der Waals surface area contributed by atoms with Gasteiger partial charge in [0.05, 0.1) is 11.4 Å². The molecule has 3 nitrogen and oxygen atoms in total. The molecular formula is C104H95B2N3S. The number of para-hydroxylation sites is 2. The molecule has 0 unspecified atom stereocenters. The summed E-state index contributed by atoms with van der Waals surface area (Å²) in [5.74, 6) is 0. The Morgan fingerprint density at radius 2 is 0.545 bits per heavy atom. The highest BCUT2D eigenvalue weighted by Crippen LogP contribution is 2.55. The molecule has 14 aromatic carbocycles. The molecule has 0 spiro atoms. The van der Waals surface area contributed by atoms with Crippen molar-refractivity contribution >= 4 is 109 Å². The summed E-state index contributed by atoms with van der Waals surface area (Å²) in [6.07, 6.45) is 0. The zero-order valence-corrected chi connectivity index (χ0v) is 67.1. The van der Waals surface area contributed by atoms with Gasteiger partial charge in [-0.25, -0.2) is 0 Å². The number of nitrogens with zero attached hydrogens (tertiary/aromatic N) is 3. The molecule has 4 aliphatic rings. The molecule has 4 heterocycles. The van der Waals surface area contributed by atoms with E-state index in [1.165, 1.54) is 149 Å². The minimum atomic E-state index is -0.203. The van der Waals surface area contributed by atoms with E-state index in [0.717, 1.165) is 39.2 Å². The molecule has 0 radical (unpaired) electrons. The van der Waals surface area contributed by atoms with E-state index in [9.17, 15) is 0 Å². The molecule has 6 heteroatoms. The highest BCUT2D eigenvalue weighted by atomic mass is 32.2. The SMILES string of the molecule is CC(C)(C)c1ccc(-c2cc3c4c(c2)N(c2c(-c5ccccc5)cccc2-c2ccccc2)c2cc(C(C)(C)C)ccc2B4c2cc4c(cc2S3)N(c2c(-c3ccccc3)cccc2-c2ccccc2)c2cc(-c3ccc(C(C)(C)C)cc3)cc3c2B4c2ccc(C(C)(C)C)cc2N3c2ccc(C(C)(C)C)cc2)cc1. The number of rotatable bonds is 9. The third kappa shape index (κ3) is 12.2. The fourth-order valence-electron chi connectivity index (χ4n) is 17.7. The Morgan fingerprint density at radius 3 is 0.936 bits per heavy atom. The van der Waals surface area contributed by atoms with E-state index >= 15 is 0 Å². The number of anilines is 9. The highest BCUT2D eigenvalue weighted by molar-refractivity contribution is 8.00. The molecule has 538 valence electrons. The van der Waals surface area contributed by atoms with Crippen LogP contribution in [0, 0.1) is 0 Å². The lowest BCUT2D eigenvalue weighted by Gasteiger charge is -2.47. The largest absolute Gasteiger partial charge is 0.311 e. The van der Waals surface area contributed by atoms with Crippen LogP contribution in [0.5, 0.6) is 0 Å². The van der Waals surface area contributed by atoms with Crippen LogP contribution in [0.25, 0.3) is 66.8 Å². The summed E-state index contributed by atoms with van der Waals surface area (Å²) in [5, 5.41) is 0. The second kappa shape index (κ2) is 26.3. The van der Waals surface area contributed by atoms with E-state index in [1.54, 1.807) is 0 Å². The molecule has 18 rings (SSSR count). The van der Waals surface area contributed by atoms with Gasteiger partial charge in [-0.1, -0.05) is 370 Å². The average Bonchev–Trinajstić information content (AvgIpc) is 0.685. The number of fused-ring (bicyclic) bond motifs is 8. The lowest BCUT2D eigenvalue weighted by Crippen LogP contribution is -2.64. The molecule has 0 aromatic heterocycles. The molecule has 0 aliphatic carbocycles. The fraction of sp³-hybridized carbons (Fsp3) is 0.192. The molecule has 14 aromatic rings. The van der Waals surface area contributed by atoms with Crippen LogP contribution >= 0.6 is 11.8 Å². The summed E-state index contributed by atoms with van der Waals surface area (Å²) in [7, 11) is 0. The summed E-state index contributed by atoms with van der Waals surface area (Å²) in [6.45, 7) is 34.7. The fourth-order valence-corrected chi connectivity index (χ4v) is 18.9. The number of hydrogen-bond donors (Lipinski definition) is 0. The van der Waals surface area contributed by atoms with E-state index in [2.05, 4.69) is 422 Å². The van der Waals surface area contributed by atoms with Gasteiger partial charge in [-0.15, -0.1) is 0 Å². The third-order valence-corrected chi connectivity index (χ3v) is 24.8.